The number of hydrogen-bond acceptors (Lipinski definition) is 2. The Morgan fingerprint density at radius 2 is 2.09 bits per heavy atom. The van der Waals surface area contributed by atoms with Crippen molar-refractivity contribution in [2.45, 2.75) is 52.6 Å². The van der Waals surface area contributed by atoms with E-state index in [-0.39, 0.29) is 5.41 Å². The van der Waals surface area contributed by atoms with Crippen LogP contribution in [0.3, 0.4) is 0 Å². The van der Waals surface area contributed by atoms with Gasteiger partial charge in [-0.25, -0.2) is 0 Å². The largest absolute Gasteiger partial charge is 0.374 e. The molecular formula is C30H35N2S+. The van der Waals surface area contributed by atoms with Crippen LogP contribution >= 0.6 is 11.3 Å². The van der Waals surface area contributed by atoms with Gasteiger partial charge in [0.2, 0.25) is 5.69 Å². The third-order valence-corrected chi connectivity index (χ3v) is 7.40. The highest BCUT2D eigenvalue weighted by atomic mass is 32.1. The summed E-state index contributed by atoms with van der Waals surface area (Å²) in [5.74, 6) is 0. The summed E-state index contributed by atoms with van der Waals surface area (Å²) < 4.78 is 2.38. The quantitative estimate of drug-likeness (QED) is 0.323. The first-order valence-electron chi connectivity index (χ1n) is 11.9. The van der Waals surface area contributed by atoms with Gasteiger partial charge in [-0.1, -0.05) is 67.7 Å². The third-order valence-electron chi connectivity index (χ3n) is 6.29. The molecule has 3 aliphatic carbocycles. The molecule has 0 N–H and O–H groups in total. The fraction of sp³-hybridized carbons (Fsp3) is 0.333. The molecule has 33 heavy (non-hydrogen) atoms. The molecule has 0 saturated heterocycles. The molecule has 0 radical (unpaired) electrons. The van der Waals surface area contributed by atoms with Gasteiger partial charge in [-0.2, -0.15) is 4.57 Å². The maximum atomic E-state index is 3.23. The highest BCUT2D eigenvalue weighted by Crippen LogP contribution is 2.38. The fourth-order valence-corrected chi connectivity index (χ4v) is 5.80. The Kier molecular flexibility index (Phi) is 7.33. The van der Waals surface area contributed by atoms with Crippen LogP contribution in [0.2, 0.25) is 0 Å². The molecule has 170 valence electrons. The fourth-order valence-electron chi connectivity index (χ4n) is 4.69. The zero-order valence-electron chi connectivity index (χ0n) is 20.3. The average Bonchev–Trinajstić information content (AvgIpc) is 2.96. The zero-order valence-corrected chi connectivity index (χ0v) is 21.1. The number of aromatic nitrogens is 1. The highest BCUT2D eigenvalue weighted by Gasteiger charge is 2.25. The number of likely N-dealkylation sites (N-methyl/N-ethyl adjacent to an activating group) is 1. The summed E-state index contributed by atoms with van der Waals surface area (Å²) in [4.78, 5) is 3.58. The van der Waals surface area contributed by atoms with Gasteiger partial charge < -0.3 is 4.90 Å². The van der Waals surface area contributed by atoms with Crippen molar-refractivity contribution in [1.29, 1.82) is 0 Å². The number of allylic oxidation sites excluding steroid dienone is 10. The van der Waals surface area contributed by atoms with E-state index in [0.29, 0.717) is 6.04 Å². The summed E-state index contributed by atoms with van der Waals surface area (Å²) in [6.45, 7) is 7.91. The predicted molar refractivity (Wildman–Crippen MR) is 144 cm³/mol. The Balaban J connectivity index is 1.52. The molecule has 0 aliphatic heterocycles. The minimum atomic E-state index is 0.270. The van der Waals surface area contributed by atoms with Crippen LogP contribution in [0.4, 0.5) is 0 Å². The summed E-state index contributed by atoms with van der Waals surface area (Å²) >= 11 is 1.83. The van der Waals surface area contributed by atoms with Crippen LogP contribution in [0.1, 0.15) is 55.6 Å². The maximum Gasteiger partial charge on any atom is 0.262 e. The maximum absolute atomic E-state index is 3.23. The third kappa shape index (κ3) is 5.93. The van der Waals surface area contributed by atoms with Gasteiger partial charge in [0.05, 0.1) is 6.04 Å². The molecule has 2 nitrogen and oxygen atoms in total. The van der Waals surface area contributed by atoms with E-state index in [1.165, 1.54) is 26.7 Å². The monoisotopic (exact) mass is 455 g/mol. The van der Waals surface area contributed by atoms with Crippen LogP contribution in [-0.2, 0) is 6.54 Å². The smallest absolute Gasteiger partial charge is 0.262 e. The van der Waals surface area contributed by atoms with Crippen molar-refractivity contribution in [3.05, 3.63) is 99.4 Å². The van der Waals surface area contributed by atoms with E-state index in [9.17, 15) is 0 Å². The van der Waals surface area contributed by atoms with Gasteiger partial charge in [-0.05, 0) is 67.2 Å². The number of rotatable bonds is 6. The highest BCUT2D eigenvalue weighted by molar-refractivity contribution is 7.13. The molecule has 0 saturated carbocycles. The molecule has 0 bridgehead atoms. The van der Waals surface area contributed by atoms with Gasteiger partial charge in [0.15, 0.2) is 0 Å². The average molecular weight is 456 g/mol. The molecule has 1 aromatic heterocycles. The van der Waals surface area contributed by atoms with E-state index in [1.54, 1.807) is 0 Å². The molecule has 3 heteroatoms. The van der Waals surface area contributed by atoms with E-state index in [0.717, 1.165) is 25.8 Å². The molecule has 0 amide bonds. The van der Waals surface area contributed by atoms with Gasteiger partial charge in [0.25, 0.3) is 5.01 Å². The van der Waals surface area contributed by atoms with Crippen molar-refractivity contribution in [3.63, 3.8) is 0 Å². The van der Waals surface area contributed by atoms with E-state index in [2.05, 4.69) is 122 Å². The van der Waals surface area contributed by atoms with Crippen LogP contribution in [0.5, 0.6) is 0 Å². The molecule has 0 aromatic carbocycles. The summed E-state index contributed by atoms with van der Waals surface area (Å²) in [5.41, 5.74) is 7.57. The van der Waals surface area contributed by atoms with Gasteiger partial charge in [-0.15, -0.1) is 5.73 Å². The number of nitrogens with zero attached hydrogens (tertiary/aromatic N) is 2. The van der Waals surface area contributed by atoms with E-state index >= 15 is 0 Å². The second-order valence-corrected chi connectivity index (χ2v) is 10.8. The first-order chi connectivity index (χ1) is 15.9. The first-order valence-corrected chi connectivity index (χ1v) is 12.7. The lowest BCUT2D eigenvalue weighted by molar-refractivity contribution is -0.692. The molecule has 0 spiro atoms. The van der Waals surface area contributed by atoms with Crippen molar-refractivity contribution < 1.29 is 4.57 Å². The number of thiazole rings is 1. The Hall–Kier alpha value is -2.87. The summed E-state index contributed by atoms with van der Waals surface area (Å²) in [6.07, 6.45) is 34.1. The molecular weight excluding hydrogens is 420 g/mol. The zero-order chi connectivity index (χ0) is 23.3. The summed E-state index contributed by atoms with van der Waals surface area (Å²) in [5, 5.41) is 1.28. The molecule has 1 heterocycles. The van der Waals surface area contributed by atoms with Gasteiger partial charge in [0.1, 0.15) is 11.4 Å². The SMILES string of the molecule is CC[n+]1c(C=CC=C2C=C(C=CN(C)C3C=CC=CC3)CC(C)(C)C2)sc2c1C=CC=C=C2. The Labute approximate surface area is 203 Å². The summed E-state index contributed by atoms with van der Waals surface area (Å²) in [7, 11) is 2.17. The molecule has 1 atom stereocenters. The Bertz CT molecular complexity index is 1150. The molecule has 1 aromatic rings. The molecule has 4 rings (SSSR count). The van der Waals surface area contributed by atoms with Crippen LogP contribution in [-0.4, -0.2) is 18.0 Å². The lowest BCUT2D eigenvalue weighted by Gasteiger charge is -2.31. The topological polar surface area (TPSA) is 7.12 Å². The Morgan fingerprint density at radius 1 is 1.21 bits per heavy atom. The summed E-state index contributed by atoms with van der Waals surface area (Å²) in [6, 6.07) is 0.452. The van der Waals surface area contributed by atoms with Crippen LogP contribution in [0.15, 0.2) is 83.8 Å². The Morgan fingerprint density at radius 3 is 2.88 bits per heavy atom. The van der Waals surface area contributed by atoms with Gasteiger partial charge >= 0.3 is 0 Å². The number of hydrogen-bond donors (Lipinski definition) is 0. The van der Waals surface area contributed by atoms with Crippen molar-refractivity contribution in [2.75, 3.05) is 7.05 Å². The second kappa shape index (κ2) is 10.4. The van der Waals surface area contributed by atoms with Crippen LogP contribution in [0, 0.1) is 5.41 Å². The lowest BCUT2D eigenvalue weighted by Crippen LogP contribution is -2.36. The van der Waals surface area contributed by atoms with Crippen molar-refractivity contribution >= 4 is 29.6 Å². The van der Waals surface area contributed by atoms with Crippen molar-refractivity contribution in [1.82, 2.24) is 4.90 Å². The van der Waals surface area contributed by atoms with Gasteiger partial charge in [0, 0.05) is 25.3 Å². The molecule has 3 aliphatic rings. The van der Waals surface area contributed by atoms with Crippen LogP contribution in [0.25, 0.3) is 18.2 Å². The molecule has 1 unspecified atom stereocenters. The second-order valence-electron chi connectivity index (χ2n) is 9.71. The van der Waals surface area contributed by atoms with E-state index < -0.39 is 0 Å². The number of fused-ring (bicyclic) bond motifs is 1. The predicted octanol–water partition coefficient (Wildman–Crippen LogP) is 7.27. The van der Waals surface area contributed by atoms with Crippen molar-refractivity contribution in [2.24, 2.45) is 5.41 Å². The minimum Gasteiger partial charge on any atom is -0.374 e. The van der Waals surface area contributed by atoms with Crippen LogP contribution < -0.4 is 4.57 Å². The van der Waals surface area contributed by atoms with Crippen molar-refractivity contribution in [3.8, 4) is 0 Å². The minimum absolute atomic E-state index is 0.270. The van der Waals surface area contributed by atoms with Gasteiger partial charge in [-0.3, -0.25) is 0 Å². The van der Waals surface area contributed by atoms with E-state index in [1.807, 2.05) is 17.4 Å². The first kappa shape index (κ1) is 23.3. The molecule has 0 fully saturated rings. The lowest BCUT2D eigenvalue weighted by atomic mass is 9.75. The normalized spacial score (nSPS) is 22.4. The standard InChI is InChI=1S/C30H35N2S/c1-5-32-27-16-10-7-11-17-28(27)33-29(32)18-12-13-24-21-25(23-30(2,3)22-24)19-20-31(4)26-14-8-6-9-15-26/h6-10,12-14,16-21,26H,5,15,22-23H2,1-4H3/q+1. The van der Waals surface area contributed by atoms with E-state index in [4.69, 9.17) is 0 Å².